The highest BCUT2D eigenvalue weighted by molar-refractivity contribution is 6.08. The summed E-state index contributed by atoms with van der Waals surface area (Å²) in [6.07, 6.45) is 14.5. The van der Waals surface area contributed by atoms with Crippen molar-refractivity contribution in [3.63, 3.8) is 0 Å². The minimum absolute atomic E-state index is 0.250. The van der Waals surface area contributed by atoms with Crippen LogP contribution in [-0.4, -0.2) is 43.2 Å². The number of hydrogen-bond acceptors (Lipinski definition) is 6. The van der Waals surface area contributed by atoms with Crippen LogP contribution in [0.1, 0.15) is 62.5 Å². The zero-order chi connectivity index (χ0) is 25.7. The molecule has 3 unspecified atom stereocenters. The summed E-state index contributed by atoms with van der Waals surface area (Å²) in [7, 11) is 2.21. The first-order valence-electron chi connectivity index (χ1n) is 13.3. The van der Waals surface area contributed by atoms with Crippen LogP contribution in [0.2, 0.25) is 0 Å². The molecule has 0 spiro atoms. The maximum Gasteiger partial charge on any atom is 0.204 e. The Hall–Kier alpha value is -3.11. The minimum Gasteiger partial charge on any atom is -0.402 e. The molecule has 2 heterocycles. The molecule has 1 aromatic rings. The molecule has 7 nitrogen and oxygen atoms in total. The number of rotatable bonds is 5. The highest BCUT2D eigenvalue weighted by atomic mass is 16.1. The van der Waals surface area contributed by atoms with Gasteiger partial charge in [-0.25, -0.2) is 0 Å². The van der Waals surface area contributed by atoms with E-state index in [0.717, 1.165) is 47.7 Å². The summed E-state index contributed by atoms with van der Waals surface area (Å²) in [5, 5.41) is 16.9. The molecule has 192 valence electrons. The fourth-order valence-electron chi connectivity index (χ4n) is 6.52. The standard InChI is InChI=1S/C28H37N5.CH3NO/c1-19-16-23(11-10-22(19)17-29)33-28(21-7-3-4-8-21)25-12-13-26(30)24(27(25)31-33)9-5-6-20-14-15-32(2)18-20;2-1-3/h5,9-11,16,20-21,25,28H,3-4,6-8,12-15,18,30H2,1-2H3;1H,(H2,2,3)/b9-5-;. The molecule has 36 heavy (non-hydrogen) atoms. The summed E-state index contributed by atoms with van der Waals surface area (Å²) in [6, 6.07) is 8.86. The van der Waals surface area contributed by atoms with Gasteiger partial charge in [0.25, 0.3) is 0 Å². The summed E-state index contributed by atoms with van der Waals surface area (Å²) >= 11 is 0. The molecule has 2 aliphatic carbocycles. The van der Waals surface area contributed by atoms with Crippen molar-refractivity contribution in [1.82, 2.24) is 4.90 Å². The van der Waals surface area contributed by atoms with Gasteiger partial charge in [-0.1, -0.05) is 25.0 Å². The van der Waals surface area contributed by atoms with E-state index in [1.54, 1.807) is 0 Å². The minimum atomic E-state index is 0.250. The Balaban J connectivity index is 0.000000967. The molecule has 0 bridgehead atoms. The second kappa shape index (κ2) is 11.7. The number of primary amides is 1. The maximum absolute atomic E-state index is 9.39. The number of nitrogens with zero attached hydrogens (tertiary/aromatic N) is 4. The SMILES string of the molecule is Cc1cc(N2N=C3C(/C=C\CC4CCN(C)C4)=C(N)CCC3C2C2CCCC2)ccc1C#N.NC=O. The van der Waals surface area contributed by atoms with Crippen molar-refractivity contribution in [1.29, 1.82) is 5.26 Å². The molecule has 4 aliphatic rings. The molecular weight excluding hydrogens is 448 g/mol. The molecule has 4 N–H and O–H groups in total. The van der Waals surface area contributed by atoms with E-state index in [0.29, 0.717) is 17.9 Å². The number of aryl methyl sites for hydroxylation is 1. The number of nitriles is 1. The van der Waals surface area contributed by atoms with Crippen molar-refractivity contribution in [3.05, 3.63) is 52.7 Å². The van der Waals surface area contributed by atoms with E-state index in [1.807, 2.05) is 13.0 Å². The molecule has 0 aromatic heterocycles. The Labute approximate surface area is 215 Å². The largest absolute Gasteiger partial charge is 0.402 e. The fraction of sp³-hybridized carbons (Fsp3) is 0.552. The molecule has 7 heteroatoms. The fourth-order valence-corrected chi connectivity index (χ4v) is 6.52. The number of hydrogen-bond donors (Lipinski definition) is 2. The lowest BCUT2D eigenvalue weighted by Crippen LogP contribution is -2.40. The van der Waals surface area contributed by atoms with Gasteiger partial charge in [-0.05, 0) is 94.6 Å². The molecule has 5 rings (SSSR count). The van der Waals surface area contributed by atoms with Gasteiger partial charge in [-0.3, -0.25) is 9.80 Å². The Morgan fingerprint density at radius 1 is 1.22 bits per heavy atom. The van der Waals surface area contributed by atoms with Crippen molar-refractivity contribution < 1.29 is 4.79 Å². The topological polar surface area (TPSA) is 112 Å². The number of likely N-dealkylation sites (tertiary alicyclic amines) is 1. The van der Waals surface area contributed by atoms with E-state index in [4.69, 9.17) is 15.6 Å². The first-order valence-corrected chi connectivity index (χ1v) is 13.3. The average molecular weight is 489 g/mol. The molecule has 1 saturated heterocycles. The lowest BCUT2D eigenvalue weighted by atomic mass is 9.76. The number of allylic oxidation sites excluding steroid dienone is 4. The molecule has 2 aliphatic heterocycles. The number of nitrogens with two attached hydrogens (primary N) is 2. The highest BCUT2D eigenvalue weighted by Gasteiger charge is 2.45. The van der Waals surface area contributed by atoms with Crippen molar-refractivity contribution in [2.45, 2.75) is 64.3 Å². The quantitative estimate of drug-likeness (QED) is 0.603. The number of anilines is 1. The van der Waals surface area contributed by atoms with E-state index in [-0.39, 0.29) is 6.41 Å². The molecular formula is C29H40N6O. The molecule has 3 atom stereocenters. The molecule has 1 saturated carbocycles. The van der Waals surface area contributed by atoms with Gasteiger partial charge >= 0.3 is 0 Å². The number of hydrazone groups is 1. The lowest BCUT2D eigenvalue weighted by molar-refractivity contribution is -0.106. The zero-order valence-electron chi connectivity index (χ0n) is 21.7. The van der Waals surface area contributed by atoms with Crippen LogP contribution in [-0.2, 0) is 4.79 Å². The van der Waals surface area contributed by atoms with Crippen LogP contribution in [0, 0.1) is 36.0 Å². The maximum atomic E-state index is 9.39. The predicted octanol–water partition coefficient (Wildman–Crippen LogP) is 4.22. The van der Waals surface area contributed by atoms with Crippen LogP contribution in [0.25, 0.3) is 0 Å². The number of benzene rings is 1. The third kappa shape index (κ3) is 5.49. The molecule has 1 amide bonds. The van der Waals surface area contributed by atoms with E-state index >= 15 is 0 Å². The van der Waals surface area contributed by atoms with Crippen molar-refractivity contribution >= 4 is 17.8 Å². The molecule has 0 radical (unpaired) electrons. The van der Waals surface area contributed by atoms with Crippen LogP contribution in [0.4, 0.5) is 5.69 Å². The lowest BCUT2D eigenvalue weighted by Gasteiger charge is -2.34. The van der Waals surface area contributed by atoms with Gasteiger partial charge in [0.15, 0.2) is 0 Å². The smallest absolute Gasteiger partial charge is 0.204 e. The van der Waals surface area contributed by atoms with Crippen LogP contribution in [0.3, 0.4) is 0 Å². The van der Waals surface area contributed by atoms with Gasteiger partial charge in [0, 0.05) is 23.7 Å². The van der Waals surface area contributed by atoms with Crippen LogP contribution in [0.15, 0.2) is 46.7 Å². The predicted molar refractivity (Wildman–Crippen MR) is 145 cm³/mol. The third-order valence-electron chi connectivity index (χ3n) is 8.33. The van der Waals surface area contributed by atoms with Gasteiger partial charge in [0.1, 0.15) is 0 Å². The Kier molecular flexibility index (Phi) is 8.48. The van der Waals surface area contributed by atoms with E-state index < -0.39 is 0 Å². The van der Waals surface area contributed by atoms with E-state index in [2.05, 4.69) is 53.0 Å². The normalized spacial score (nSPS) is 26.5. The van der Waals surface area contributed by atoms with Gasteiger partial charge in [-0.2, -0.15) is 10.4 Å². The summed E-state index contributed by atoms with van der Waals surface area (Å²) < 4.78 is 0. The number of carbonyl (C=O) groups excluding carboxylic acids is 1. The monoisotopic (exact) mass is 488 g/mol. The van der Waals surface area contributed by atoms with Crippen LogP contribution in [0.5, 0.6) is 0 Å². The Morgan fingerprint density at radius 2 is 1.97 bits per heavy atom. The number of fused-ring (bicyclic) bond motifs is 1. The van der Waals surface area contributed by atoms with Gasteiger partial charge in [0.2, 0.25) is 6.41 Å². The second-order valence-electron chi connectivity index (χ2n) is 10.8. The highest BCUT2D eigenvalue weighted by Crippen LogP contribution is 2.45. The second-order valence-corrected chi connectivity index (χ2v) is 10.8. The van der Waals surface area contributed by atoms with Gasteiger partial charge in [-0.15, -0.1) is 0 Å². The Bertz CT molecular complexity index is 1080. The summed E-state index contributed by atoms with van der Waals surface area (Å²) in [5.41, 5.74) is 17.0. The Morgan fingerprint density at radius 3 is 2.61 bits per heavy atom. The summed E-state index contributed by atoms with van der Waals surface area (Å²) in [4.78, 5) is 11.0. The third-order valence-corrected chi connectivity index (χ3v) is 8.33. The van der Waals surface area contributed by atoms with Gasteiger partial charge in [0.05, 0.1) is 29.1 Å². The number of amides is 1. The summed E-state index contributed by atoms with van der Waals surface area (Å²) in [6.45, 7) is 4.42. The van der Waals surface area contributed by atoms with Crippen molar-refractivity contribution in [3.8, 4) is 6.07 Å². The van der Waals surface area contributed by atoms with E-state index in [1.165, 1.54) is 56.5 Å². The zero-order valence-corrected chi connectivity index (χ0v) is 21.7. The van der Waals surface area contributed by atoms with Crippen LogP contribution < -0.4 is 16.5 Å². The van der Waals surface area contributed by atoms with Crippen molar-refractivity contribution in [2.24, 2.45) is 34.3 Å². The average Bonchev–Trinajstić information content (AvgIpc) is 3.61. The van der Waals surface area contributed by atoms with Crippen LogP contribution >= 0.6 is 0 Å². The molecule has 2 fully saturated rings. The first-order chi connectivity index (χ1) is 17.5. The first kappa shape index (κ1) is 26.0. The molecule has 1 aromatic carbocycles. The van der Waals surface area contributed by atoms with Gasteiger partial charge < -0.3 is 16.4 Å². The summed E-state index contributed by atoms with van der Waals surface area (Å²) in [5.74, 6) is 1.86. The van der Waals surface area contributed by atoms with E-state index in [9.17, 15) is 5.26 Å². The van der Waals surface area contributed by atoms with Crippen molar-refractivity contribution in [2.75, 3.05) is 25.1 Å². The number of carbonyl (C=O) groups is 1.